The van der Waals surface area contributed by atoms with Crippen molar-refractivity contribution in [1.29, 1.82) is 0 Å². The maximum absolute atomic E-state index is 12.5. The third kappa shape index (κ3) is 4.44. The fourth-order valence-electron chi connectivity index (χ4n) is 3.66. The molecule has 2 fully saturated rings. The predicted octanol–water partition coefficient (Wildman–Crippen LogP) is 2.54. The molecule has 6 heteroatoms. The Bertz CT molecular complexity index is 606. The Labute approximate surface area is 148 Å². The van der Waals surface area contributed by atoms with Gasteiger partial charge in [-0.05, 0) is 37.8 Å². The van der Waals surface area contributed by atoms with Crippen LogP contribution in [0.4, 0.5) is 4.79 Å². The summed E-state index contributed by atoms with van der Waals surface area (Å²) in [5.74, 6) is 0.458. The number of hydrogen-bond donors (Lipinski definition) is 2. The van der Waals surface area contributed by atoms with Crippen LogP contribution in [-0.4, -0.2) is 49.1 Å². The van der Waals surface area contributed by atoms with Gasteiger partial charge in [-0.2, -0.15) is 0 Å². The maximum atomic E-state index is 12.5. The van der Waals surface area contributed by atoms with E-state index in [1.165, 1.54) is 12.8 Å². The Kier molecular flexibility index (Phi) is 5.79. The molecule has 0 unspecified atom stereocenters. The Morgan fingerprint density at radius 2 is 1.64 bits per heavy atom. The van der Waals surface area contributed by atoms with Crippen LogP contribution < -0.4 is 15.4 Å². The molecule has 3 rings (SSSR count). The van der Waals surface area contributed by atoms with Crippen LogP contribution in [0.1, 0.15) is 48.9 Å². The zero-order valence-corrected chi connectivity index (χ0v) is 14.8. The van der Waals surface area contributed by atoms with E-state index in [1.807, 2.05) is 17.0 Å². The van der Waals surface area contributed by atoms with E-state index in [9.17, 15) is 9.59 Å². The minimum absolute atomic E-state index is 0.0430. The van der Waals surface area contributed by atoms with Crippen LogP contribution in [0.25, 0.3) is 0 Å². The molecule has 6 nitrogen and oxygen atoms in total. The summed E-state index contributed by atoms with van der Waals surface area (Å²) in [5.41, 5.74) is 0.548. The number of benzene rings is 1. The molecule has 25 heavy (non-hydrogen) atoms. The van der Waals surface area contributed by atoms with Crippen molar-refractivity contribution in [2.45, 2.75) is 50.6 Å². The summed E-state index contributed by atoms with van der Waals surface area (Å²) in [4.78, 5) is 26.6. The zero-order valence-electron chi connectivity index (χ0n) is 14.8. The molecule has 1 aromatic carbocycles. The smallest absolute Gasteiger partial charge is 0.317 e. The lowest BCUT2D eigenvalue weighted by atomic mass is 10.0. The number of rotatable bonds is 4. The molecule has 1 heterocycles. The molecule has 1 saturated heterocycles. The van der Waals surface area contributed by atoms with E-state index in [2.05, 4.69) is 10.6 Å². The van der Waals surface area contributed by atoms with Crippen LogP contribution >= 0.6 is 0 Å². The van der Waals surface area contributed by atoms with Crippen molar-refractivity contribution in [1.82, 2.24) is 15.5 Å². The van der Waals surface area contributed by atoms with Crippen LogP contribution in [0, 0.1) is 0 Å². The first kappa shape index (κ1) is 17.6. The quantitative estimate of drug-likeness (QED) is 0.881. The minimum Gasteiger partial charge on any atom is -0.496 e. The van der Waals surface area contributed by atoms with E-state index in [0.717, 1.165) is 25.7 Å². The first-order valence-electron chi connectivity index (χ1n) is 9.16. The van der Waals surface area contributed by atoms with E-state index in [-0.39, 0.29) is 18.0 Å². The number of piperidine rings is 1. The van der Waals surface area contributed by atoms with Crippen molar-refractivity contribution >= 4 is 11.9 Å². The van der Waals surface area contributed by atoms with Crippen molar-refractivity contribution in [2.24, 2.45) is 0 Å². The molecule has 1 aliphatic heterocycles. The van der Waals surface area contributed by atoms with Crippen LogP contribution in [0.3, 0.4) is 0 Å². The zero-order chi connectivity index (χ0) is 17.6. The van der Waals surface area contributed by atoms with Gasteiger partial charge in [-0.3, -0.25) is 4.79 Å². The van der Waals surface area contributed by atoms with E-state index in [1.54, 1.807) is 19.2 Å². The number of para-hydroxylation sites is 1. The molecular formula is C19H27N3O3. The lowest BCUT2D eigenvalue weighted by molar-refractivity contribution is 0.0914. The molecule has 136 valence electrons. The summed E-state index contributed by atoms with van der Waals surface area (Å²) in [7, 11) is 1.56. The number of nitrogens with zero attached hydrogens (tertiary/aromatic N) is 1. The molecule has 2 N–H and O–H groups in total. The lowest BCUT2D eigenvalue weighted by Crippen LogP contribution is -2.51. The maximum Gasteiger partial charge on any atom is 0.317 e. The Morgan fingerprint density at radius 3 is 2.32 bits per heavy atom. The van der Waals surface area contributed by atoms with Crippen LogP contribution in [0.15, 0.2) is 24.3 Å². The third-order valence-electron chi connectivity index (χ3n) is 5.15. The van der Waals surface area contributed by atoms with Crippen LogP contribution in [0.5, 0.6) is 5.75 Å². The molecule has 0 spiro atoms. The van der Waals surface area contributed by atoms with Gasteiger partial charge >= 0.3 is 6.03 Å². The first-order valence-corrected chi connectivity index (χ1v) is 9.16. The molecule has 0 atom stereocenters. The van der Waals surface area contributed by atoms with Gasteiger partial charge in [-0.15, -0.1) is 0 Å². The average molecular weight is 345 g/mol. The van der Waals surface area contributed by atoms with Gasteiger partial charge in [0.2, 0.25) is 0 Å². The van der Waals surface area contributed by atoms with E-state index in [4.69, 9.17) is 4.74 Å². The minimum atomic E-state index is -0.119. The van der Waals surface area contributed by atoms with E-state index < -0.39 is 0 Å². The number of likely N-dealkylation sites (tertiary alicyclic amines) is 1. The van der Waals surface area contributed by atoms with Gasteiger partial charge in [0.25, 0.3) is 5.91 Å². The van der Waals surface area contributed by atoms with Gasteiger partial charge in [-0.1, -0.05) is 25.0 Å². The molecule has 1 saturated carbocycles. The highest BCUT2D eigenvalue weighted by Gasteiger charge is 2.26. The van der Waals surface area contributed by atoms with Gasteiger partial charge in [0.15, 0.2) is 0 Å². The molecule has 0 bridgehead atoms. The van der Waals surface area contributed by atoms with Crippen molar-refractivity contribution in [3.05, 3.63) is 29.8 Å². The fourth-order valence-corrected chi connectivity index (χ4v) is 3.66. The highest BCUT2D eigenvalue weighted by atomic mass is 16.5. The van der Waals surface area contributed by atoms with Crippen molar-refractivity contribution in [3.63, 3.8) is 0 Å². The molecule has 0 radical (unpaired) electrons. The second-order valence-corrected chi connectivity index (χ2v) is 6.87. The summed E-state index contributed by atoms with van der Waals surface area (Å²) in [6, 6.07) is 7.69. The molecule has 1 aliphatic carbocycles. The number of carbonyl (C=O) groups is 2. The number of carbonyl (C=O) groups excluding carboxylic acids is 2. The number of amides is 3. The van der Waals surface area contributed by atoms with Crippen molar-refractivity contribution in [2.75, 3.05) is 20.2 Å². The number of ether oxygens (including phenoxy) is 1. The predicted molar refractivity (Wildman–Crippen MR) is 95.8 cm³/mol. The Hall–Kier alpha value is -2.24. The SMILES string of the molecule is COc1ccccc1C(=O)NC1CCN(C(=O)NC2CCCC2)CC1. The topological polar surface area (TPSA) is 70.7 Å². The largest absolute Gasteiger partial charge is 0.496 e. The average Bonchev–Trinajstić information content (AvgIpc) is 3.15. The summed E-state index contributed by atoms with van der Waals surface area (Å²) in [6.07, 6.45) is 6.16. The number of hydrogen-bond acceptors (Lipinski definition) is 3. The Morgan fingerprint density at radius 1 is 1.00 bits per heavy atom. The van der Waals surface area contributed by atoms with Crippen molar-refractivity contribution in [3.8, 4) is 5.75 Å². The standard InChI is InChI=1S/C19H27N3O3/c1-25-17-9-5-4-8-16(17)18(23)20-15-10-12-22(13-11-15)19(24)21-14-6-2-3-7-14/h4-5,8-9,14-15H,2-3,6-7,10-13H2,1H3,(H,20,23)(H,21,24). The second-order valence-electron chi connectivity index (χ2n) is 6.87. The first-order chi connectivity index (χ1) is 12.2. The van der Waals surface area contributed by atoms with Gasteiger partial charge < -0.3 is 20.3 Å². The number of methoxy groups -OCH3 is 1. The van der Waals surface area contributed by atoms with E-state index >= 15 is 0 Å². The summed E-state index contributed by atoms with van der Waals surface area (Å²) in [6.45, 7) is 1.35. The Balaban J connectivity index is 1.47. The number of urea groups is 1. The lowest BCUT2D eigenvalue weighted by Gasteiger charge is -2.33. The summed E-state index contributed by atoms with van der Waals surface area (Å²) in [5, 5.41) is 6.19. The normalized spacial score (nSPS) is 18.8. The van der Waals surface area contributed by atoms with Crippen LogP contribution in [0.2, 0.25) is 0 Å². The highest BCUT2D eigenvalue weighted by molar-refractivity contribution is 5.97. The molecule has 1 aromatic rings. The fraction of sp³-hybridized carbons (Fsp3) is 0.579. The molecule has 3 amide bonds. The molecule has 0 aromatic heterocycles. The van der Waals surface area contributed by atoms with Crippen molar-refractivity contribution < 1.29 is 14.3 Å². The van der Waals surface area contributed by atoms with E-state index in [0.29, 0.717) is 30.4 Å². The summed E-state index contributed by atoms with van der Waals surface area (Å²) < 4.78 is 5.25. The highest BCUT2D eigenvalue weighted by Crippen LogP contribution is 2.20. The van der Waals surface area contributed by atoms with Gasteiger partial charge in [0.05, 0.1) is 12.7 Å². The van der Waals surface area contributed by atoms with Crippen LogP contribution in [-0.2, 0) is 0 Å². The monoisotopic (exact) mass is 345 g/mol. The van der Waals surface area contributed by atoms with Gasteiger partial charge in [-0.25, -0.2) is 4.79 Å². The second kappa shape index (κ2) is 8.23. The molecular weight excluding hydrogens is 318 g/mol. The third-order valence-corrected chi connectivity index (χ3v) is 5.15. The number of nitrogens with one attached hydrogen (secondary N) is 2. The van der Waals surface area contributed by atoms with Gasteiger partial charge in [0, 0.05) is 25.2 Å². The van der Waals surface area contributed by atoms with Gasteiger partial charge in [0.1, 0.15) is 5.75 Å². The molecule has 2 aliphatic rings. The summed E-state index contributed by atoms with van der Waals surface area (Å²) >= 11 is 0.